The summed E-state index contributed by atoms with van der Waals surface area (Å²) in [5, 5.41) is 14.3. The van der Waals surface area contributed by atoms with E-state index in [4.69, 9.17) is 4.74 Å². The number of phenolic OH excluding ortho intramolecular Hbond substituents is 1. The van der Waals surface area contributed by atoms with Crippen molar-refractivity contribution in [1.29, 1.82) is 0 Å². The van der Waals surface area contributed by atoms with Crippen molar-refractivity contribution in [2.45, 2.75) is 18.8 Å². The van der Waals surface area contributed by atoms with Gasteiger partial charge in [0.25, 0.3) is 0 Å². The lowest BCUT2D eigenvalue weighted by Gasteiger charge is -2.18. The number of fused-ring (bicyclic) bond motifs is 1. The van der Waals surface area contributed by atoms with E-state index in [0.717, 1.165) is 29.2 Å². The molecule has 1 amide bonds. The summed E-state index contributed by atoms with van der Waals surface area (Å²) in [6, 6.07) is 10.6. The number of aromatic hydroxyl groups is 1. The molecular weight excluding hydrogens is 294 g/mol. The maximum absolute atomic E-state index is 12.2. The highest BCUT2D eigenvalue weighted by molar-refractivity contribution is 5.92. The van der Waals surface area contributed by atoms with Crippen molar-refractivity contribution in [3.63, 3.8) is 0 Å². The van der Waals surface area contributed by atoms with Crippen LogP contribution in [-0.2, 0) is 14.3 Å². The van der Waals surface area contributed by atoms with Gasteiger partial charge < -0.3 is 15.2 Å². The van der Waals surface area contributed by atoms with E-state index in [0.29, 0.717) is 0 Å². The van der Waals surface area contributed by atoms with Crippen molar-refractivity contribution < 1.29 is 19.4 Å². The molecule has 3 rings (SSSR count). The van der Waals surface area contributed by atoms with E-state index in [2.05, 4.69) is 5.32 Å². The molecule has 0 radical (unpaired) electrons. The number of esters is 1. The Hall–Kier alpha value is -2.56. The Morgan fingerprint density at radius 1 is 1.30 bits per heavy atom. The van der Waals surface area contributed by atoms with Crippen LogP contribution in [0.15, 0.2) is 36.4 Å². The molecule has 2 aromatic rings. The lowest BCUT2D eigenvalue weighted by Crippen LogP contribution is -2.33. The fourth-order valence-corrected chi connectivity index (χ4v) is 2.74. The summed E-state index contributed by atoms with van der Waals surface area (Å²) in [4.78, 5) is 24.1. The third-order valence-electron chi connectivity index (χ3n) is 4.19. The van der Waals surface area contributed by atoms with Gasteiger partial charge in [-0.1, -0.05) is 24.3 Å². The number of benzene rings is 2. The maximum Gasteiger partial charge on any atom is 0.314 e. The van der Waals surface area contributed by atoms with E-state index in [-0.39, 0.29) is 24.1 Å². The van der Waals surface area contributed by atoms with Crippen LogP contribution in [-0.4, -0.2) is 30.6 Å². The van der Waals surface area contributed by atoms with Gasteiger partial charge in [0.05, 0.1) is 13.0 Å². The number of rotatable bonds is 5. The standard InChI is InChI=1S/C18H19NO4/c1-23-18(22)16(10-19-17(21)12-5-6-12)14-4-2-3-11-7-8-13(20)9-15(11)14/h2-4,7-9,12,16,20H,5-6,10H2,1H3,(H,19,21). The van der Waals surface area contributed by atoms with Crippen molar-refractivity contribution in [1.82, 2.24) is 5.32 Å². The number of amides is 1. The molecule has 5 nitrogen and oxygen atoms in total. The third-order valence-corrected chi connectivity index (χ3v) is 4.19. The van der Waals surface area contributed by atoms with Crippen LogP contribution in [0.4, 0.5) is 0 Å². The summed E-state index contributed by atoms with van der Waals surface area (Å²) in [5.74, 6) is -0.799. The van der Waals surface area contributed by atoms with Crippen LogP contribution in [0.25, 0.3) is 10.8 Å². The first-order valence-corrected chi connectivity index (χ1v) is 7.67. The summed E-state index contributed by atoms with van der Waals surface area (Å²) < 4.78 is 4.90. The molecule has 120 valence electrons. The minimum atomic E-state index is -0.604. The molecule has 1 unspecified atom stereocenters. The molecule has 1 aliphatic carbocycles. The highest BCUT2D eigenvalue weighted by Gasteiger charge is 2.31. The zero-order chi connectivity index (χ0) is 16.4. The van der Waals surface area contributed by atoms with Crippen LogP contribution in [0.5, 0.6) is 5.75 Å². The van der Waals surface area contributed by atoms with Crippen molar-refractivity contribution in [2.75, 3.05) is 13.7 Å². The molecule has 0 heterocycles. The minimum Gasteiger partial charge on any atom is -0.508 e. The molecule has 0 aromatic heterocycles. The number of ether oxygens (including phenoxy) is 1. The minimum absolute atomic E-state index is 0.0120. The smallest absolute Gasteiger partial charge is 0.314 e. The van der Waals surface area contributed by atoms with Gasteiger partial charge in [-0.2, -0.15) is 0 Å². The van der Waals surface area contributed by atoms with Crippen LogP contribution in [0.2, 0.25) is 0 Å². The summed E-state index contributed by atoms with van der Waals surface area (Å²) in [6.07, 6.45) is 1.83. The normalized spacial score (nSPS) is 15.2. The number of methoxy groups -OCH3 is 1. The number of nitrogens with one attached hydrogen (secondary N) is 1. The highest BCUT2D eigenvalue weighted by Crippen LogP contribution is 2.31. The van der Waals surface area contributed by atoms with E-state index in [1.165, 1.54) is 7.11 Å². The molecule has 5 heteroatoms. The largest absolute Gasteiger partial charge is 0.508 e. The second-order valence-corrected chi connectivity index (χ2v) is 5.85. The molecule has 0 bridgehead atoms. The summed E-state index contributed by atoms with van der Waals surface area (Å²) >= 11 is 0. The van der Waals surface area contributed by atoms with E-state index in [9.17, 15) is 14.7 Å². The first kappa shape index (κ1) is 15.3. The van der Waals surface area contributed by atoms with E-state index >= 15 is 0 Å². The van der Waals surface area contributed by atoms with Gasteiger partial charge in [-0.25, -0.2) is 0 Å². The van der Waals surface area contributed by atoms with Gasteiger partial charge in [-0.15, -0.1) is 0 Å². The lowest BCUT2D eigenvalue weighted by molar-refractivity contribution is -0.142. The summed E-state index contributed by atoms with van der Waals surface area (Å²) in [7, 11) is 1.33. The number of hydrogen-bond donors (Lipinski definition) is 2. The lowest BCUT2D eigenvalue weighted by atomic mass is 9.93. The highest BCUT2D eigenvalue weighted by atomic mass is 16.5. The number of carbonyl (C=O) groups is 2. The van der Waals surface area contributed by atoms with E-state index < -0.39 is 11.9 Å². The molecule has 23 heavy (non-hydrogen) atoms. The molecule has 2 aromatic carbocycles. The topological polar surface area (TPSA) is 75.6 Å². The average Bonchev–Trinajstić information content (AvgIpc) is 3.39. The molecule has 2 N–H and O–H groups in total. The predicted molar refractivity (Wildman–Crippen MR) is 86.1 cm³/mol. The fraction of sp³-hybridized carbons (Fsp3) is 0.333. The van der Waals surface area contributed by atoms with Crippen molar-refractivity contribution in [3.8, 4) is 5.75 Å². The SMILES string of the molecule is COC(=O)C(CNC(=O)C1CC1)c1cccc2ccc(O)cc12. The number of phenols is 1. The molecule has 0 spiro atoms. The molecule has 0 aliphatic heterocycles. The Labute approximate surface area is 134 Å². The van der Waals surface area contributed by atoms with Crippen LogP contribution in [0.1, 0.15) is 24.3 Å². The van der Waals surface area contributed by atoms with Crippen LogP contribution in [0, 0.1) is 5.92 Å². The Morgan fingerprint density at radius 3 is 2.78 bits per heavy atom. The molecule has 1 fully saturated rings. The van der Waals surface area contributed by atoms with Gasteiger partial charge in [0.15, 0.2) is 0 Å². The van der Waals surface area contributed by atoms with Gasteiger partial charge in [-0.05, 0) is 41.3 Å². The third kappa shape index (κ3) is 3.28. The molecular formula is C18H19NO4. The Kier molecular flexibility index (Phi) is 4.19. The van der Waals surface area contributed by atoms with Crippen LogP contribution >= 0.6 is 0 Å². The van der Waals surface area contributed by atoms with Gasteiger partial charge in [0.1, 0.15) is 5.75 Å². The van der Waals surface area contributed by atoms with E-state index in [1.807, 2.05) is 18.2 Å². The quantitative estimate of drug-likeness (QED) is 0.831. The zero-order valence-corrected chi connectivity index (χ0v) is 12.9. The predicted octanol–water partition coefficient (Wildman–Crippen LogP) is 2.33. The average molecular weight is 313 g/mol. The molecule has 0 saturated heterocycles. The molecule has 1 aliphatic rings. The van der Waals surface area contributed by atoms with Crippen molar-refractivity contribution in [2.24, 2.45) is 5.92 Å². The summed E-state index contributed by atoms with van der Waals surface area (Å²) in [6.45, 7) is 0.191. The maximum atomic E-state index is 12.2. The fourth-order valence-electron chi connectivity index (χ4n) is 2.74. The van der Waals surface area contributed by atoms with E-state index in [1.54, 1.807) is 18.2 Å². The Bertz CT molecular complexity index is 752. The van der Waals surface area contributed by atoms with Crippen molar-refractivity contribution in [3.05, 3.63) is 42.0 Å². The van der Waals surface area contributed by atoms with Gasteiger partial charge >= 0.3 is 5.97 Å². The van der Waals surface area contributed by atoms with Crippen molar-refractivity contribution >= 4 is 22.6 Å². The number of hydrogen-bond acceptors (Lipinski definition) is 4. The first-order valence-electron chi connectivity index (χ1n) is 7.67. The zero-order valence-electron chi connectivity index (χ0n) is 12.9. The second-order valence-electron chi connectivity index (χ2n) is 5.85. The monoisotopic (exact) mass is 313 g/mol. The molecule has 1 saturated carbocycles. The molecule has 1 atom stereocenters. The first-order chi connectivity index (χ1) is 11.1. The Balaban J connectivity index is 1.93. The second kappa shape index (κ2) is 6.28. The number of carbonyl (C=O) groups excluding carboxylic acids is 2. The Morgan fingerprint density at radius 2 is 2.09 bits per heavy atom. The van der Waals surface area contributed by atoms with Gasteiger partial charge in [0, 0.05) is 12.5 Å². The summed E-state index contributed by atoms with van der Waals surface area (Å²) in [5.41, 5.74) is 0.737. The van der Waals surface area contributed by atoms with Crippen LogP contribution < -0.4 is 5.32 Å². The van der Waals surface area contributed by atoms with Gasteiger partial charge in [0.2, 0.25) is 5.91 Å². The van der Waals surface area contributed by atoms with Crippen LogP contribution in [0.3, 0.4) is 0 Å². The van der Waals surface area contributed by atoms with Gasteiger partial charge in [-0.3, -0.25) is 9.59 Å².